The topological polar surface area (TPSA) is 143 Å². The van der Waals surface area contributed by atoms with Crippen molar-refractivity contribution in [1.82, 2.24) is 0 Å². The average molecular weight is 517 g/mol. The first kappa shape index (κ1) is 32.5. The molecule has 4 atom stereocenters. The Morgan fingerprint density at radius 2 is 1.50 bits per heavy atom. The molecule has 0 aromatic carbocycles. The molecule has 9 heteroatoms. The highest BCUT2D eigenvalue weighted by molar-refractivity contribution is 5.96. The fourth-order valence-electron chi connectivity index (χ4n) is 3.97. The van der Waals surface area contributed by atoms with E-state index in [-0.39, 0.29) is 61.1 Å². The maximum atomic E-state index is 12.0. The van der Waals surface area contributed by atoms with Gasteiger partial charge in [0.15, 0.2) is 0 Å². The molecular formula is C27H48O9. The highest BCUT2D eigenvalue weighted by Gasteiger charge is 2.45. The molecule has 2 aliphatic heterocycles. The van der Waals surface area contributed by atoms with Gasteiger partial charge in [-0.05, 0) is 51.4 Å². The van der Waals surface area contributed by atoms with Crippen LogP contribution in [0.4, 0.5) is 0 Å². The van der Waals surface area contributed by atoms with Crippen LogP contribution in [-0.2, 0) is 28.6 Å². The van der Waals surface area contributed by atoms with Gasteiger partial charge < -0.3 is 29.5 Å². The third-order valence-corrected chi connectivity index (χ3v) is 7.68. The van der Waals surface area contributed by atoms with Crippen LogP contribution in [0.25, 0.3) is 0 Å². The second-order valence-corrected chi connectivity index (χ2v) is 11.0. The Kier molecular flexibility index (Phi) is 14.1. The van der Waals surface area contributed by atoms with E-state index >= 15 is 0 Å². The SMILES string of the molecule is CCC(C)(CCC(C)C)C(=O)OCC1CO1.CCC(CO)(CO)CO.O=C1OC(=O)C2CCCCC12. The van der Waals surface area contributed by atoms with Gasteiger partial charge in [-0.1, -0.05) is 40.5 Å². The lowest BCUT2D eigenvalue weighted by atomic mass is 9.81. The predicted molar refractivity (Wildman–Crippen MR) is 134 cm³/mol. The number of carbonyl (C=O) groups excluding carboxylic acids is 3. The van der Waals surface area contributed by atoms with E-state index in [4.69, 9.17) is 24.8 Å². The van der Waals surface area contributed by atoms with E-state index in [2.05, 4.69) is 25.5 Å². The summed E-state index contributed by atoms with van der Waals surface area (Å²) >= 11 is 0. The van der Waals surface area contributed by atoms with Gasteiger partial charge in [-0.15, -0.1) is 0 Å². The summed E-state index contributed by atoms with van der Waals surface area (Å²) in [5.41, 5.74) is -0.987. The third-order valence-electron chi connectivity index (χ3n) is 7.68. The first-order chi connectivity index (χ1) is 17.0. The van der Waals surface area contributed by atoms with Crippen LogP contribution in [0.2, 0.25) is 0 Å². The Morgan fingerprint density at radius 1 is 1.00 bits per heavy atom. The number of epoxide rings is 1. The number of ether oxygens (including phenoxy) is 3. The molecule has 0 bridgehead atoms. The largest absolute Gasteiger partial charge is 0.462 e. The number of hydrogen-bond acceptors (Lipinski definition) is 9. The molecule has 0 radical (unpaired) electrons. The lowest BCUT2D eigenvalue weighted by Gasteiger charge is -2.26. The van der Waals surface area contributed by atoms with E-state index in [1.807, 2.05) is 13.8 Å². The molecular weight excluding hydrogens is 468 g/mol. The van der Waals surface area contributed by atoms with Crippen LogP contribution < -0.4 is 0 Å². The molecule has 210 valence electrons. The molecule has 0 aromatic rings. The van der Waals surface area contributed by atoms with Gasteiger partial charge in [0.1, 0.15) is 12.7 Å². The summed E-state index contributed by atoms with van der Waals surface area (Å²) in [6, 6.07) is 0. The molecule has 0 aromatic heterocycles. The van der Waals surface area contributed by atoms with Crippen molar-refractivity contribution in [3.05, 3.63) is 0 Å². The number of aliphatic hydroxyl groups is 3. The van der Waals surface area contributed by atoms with E-state index in [1.165, 1.54) is 0 Å². The quantitative estimate of drug-likeness (QED) is 0.214. The van der Waals surface area contributed by atoms with E-state index in [9.17, 15) is 14.4 Å². The maximum absolute atomic E-state index is 12.0. The number of carbonyl (C=O) groups is 3. The minimum Gasteiger partial charge on any atom is -0.462 e. The zero-order valence-electron chi connectivity index (χ0n) is 22.8. The molecule has 9 nitrogen and oxygen atoms in total. The monoisotopic (exact) mass is 516 g/mol. The first-order valence-electron chi connectivity index (χ1n) is 13.4. The zero-order chi connectivity index (χ0) is 27.4. The van der Waals surface area contributed by atoms with Crippen molar-refractivity contribution in [1.29, 1.82) is 0 Å². The van der Waals surface area contributed by atoms with Crippen molar-refractivity contribution in [2.45, 2.75) is 92.1 Å². The second-order valence-electron chi connectivity index (χ2n) is 11.0. The summed E-state index contributed by atoms with van der Waals surface area (Å²) in [7, 11) is 0. The van der Waals surface area contributed by atoms with Crippen LogP contribution >= 0.6 is 0 Å². The molecule has 0 spiro atoms. The van der Waals surface area contributed by atoms with Gasteiger partial charge in [0.25, 0.3) is 0 Å². The molecule has 3 N–H and O–H groups in total. The second kappa shape index (κ2) is 15.6. The van der Waals surface area contributed by atoms with E-state index in [0.717, 1.165) is 51.6 Å². The summed E-state index contributed by atoms with van der Waals surface area (Å²) < 4.78 is 14.8. The van der Waals surface area contributed by atoms with Crippen molar-refractivity contribution in [2.24, 2.45) is 28.6 Å². The Labute approximate surface area is 215 Å². The van der Waals surface area contributed by atoms with Crippen molar-refractivity contribution in [3.63, 3.8) is 0 Å². The van der Waals surface area contributed by atoms with Gasteiger partial charge in [-0.3, -0.25) is 14.4 Å². The van der Waals surface area contributed by atoms with Crippen LogP contribution in [0.3, 0.4) is 0 Å². The molecule has 2 heterocycles. The fourth-order valence-corrected chi connectivity index (χ4v) is 3.97. The fraction of sp³-hybridized carbons (Fsp3) is 0.889. The molecule has 3 aliphatic rings. The molecule has 36 heavy (non-hydrogen) atoms. The van der Waals surface area contributed by atoms with Crippen molar-refractivity contribution in [2.75, 3.05) is 33.0 Å². The minimum absolute atomic E-state index is 0.0637. The van der Waals surface area contributed by atoms with Crippen LogP contribution in [0.5, 0.6) is 0 Å². The maximum Gasteiger partial charge on any atom is 0.317 e. The summed E-state index contributed by atoms with van der Waals surface area (Å²) in [4.78, 5) is 33.9. The van der Waals surface area contributed by atoms with Crippen molar-refractivity contribution < 1.29 is 43.9 Å². The molecule has 4 unspecified atom stereocenters. The number of esters is 3. The lowest BCUT2D eigenvalue weighted by molar-refractivity contribution is -0.156. The molecule has 1 aliphatic carbocycles. The van der Waals surface area contributed by atoms with E-state index in [1.54, 1.807) is 0 Å². The predicted octanol–water partition coefficient (Wildman–Crippen LogP) is 3.02. The van der Waals surface area contributed by atoms with E-state index < -0.39 is 5.41 Å². The molecule has 3 rings (SSSR count). The number of rotatable bonds is 11. The number of fused-ring (bicyclic) bond motifs is 1. The van der Waals surface area contributed by atoms with Crippen molar-refractivity contribution in [3.8, 4) is 0 Å². The highest BCUT2D eigenvalue weighted by atomic mass is 16.6. The summed E-state index contributed by atoms with van der Waals surface area (Å²) in [5, 5.41) is 26.0. The normalized spacial score (nSPS) is 24.4. The Hall–Kier alpha value is -1.55. The van der Waals surface area contributed by atoms with Gasteiger partial charge >= 0.3 is 17.9 Å². The van der Waals surface area contributed by atoms with Crippen LogP contribution in [-0.4, -0.2) is 72.4 Å². The molecule has 0 amide bonds. The summed E-state index contributed by atoms with van der Waals surface area (Å²) in [6.45, 7) is 10.9. The number of aliphatic hydroxyl groups excluding tert-OH is 3. The Bertz CT molecular complexity index is 645. The van der Waals surface area contributed by atoms with Gasteiger partial charge in [-0.25, -0.2) is 0 Å². The van der Waals surface area contributed by atoms with E-state index in [0.29, 0.717) is 18.9 Å². The molecule has 3 fully saturated rings. The van der Waals surface area contributed by atoms with Gasteiger partial charge in [0, 0.05) is 5.41 Å². The van der Waals surface area contributed by atoms with Crippen LogP contribution in [0.1, 0.15) is 86.0 Å². The van der Waals surface area contributed by atoms with Crippen LogP contribution in [0, 0.1) is 28.6 Å². The smallest absolute Gasteiger partial charge is 0.317 e. The van der Waals surface area contributed by atoms with Gasteiger partial charge in [0.05, 0.1) is 43.7 Å². The summed E-state index contributed by atoms with van der Waals surface area (Å²) in [5.74, 6) is -0.219. The average Bonchev–Trinajstić information content (AvgIpc) is 3.68. The molecule has 2 saturated heterocycles. The first-order valence-corrected chi connectivity index (χ1v) is 13.4. The Balaban J connectivity index is 0.000000284. The number of cyclic esters (lactones) is 2. The zero-order valence-corrected chi connectivity index (χ0v) is 22.8. The van der Waals surface area contributed by atoms with Crippen LogP contribution in [0.15, 0.2) is 0 Å². The summed E-state index contributed by atoms with van der Waals surface area (Å²) in [6.07, 6.45) is 7.37. The lowest BCUT2D eigenvalue weighted by Crippen LogP contribution is -2.32. The standard InChI is InChI=1S/C13H24O3.C8H10O3.C6H14O3/c1-5-13(4,7-6-10(2)3)12(14)16-9-11-8-15-11;9-7-5-3-1-2-4-6(5)8(10)11-7;1-2-6(3-7,4-8)5-9/h10-11H,5-9H2,1-4H3;5-6H,1-4H2;7-9H,2-5H2,1H3. The minimum atomic E-state index is -0.667. The van der Waals surface area contributed by atoms with Gasteiger partial charge in [-0.2, -0.15) is 0 Å². The van der Waals surface area contributed by atoms with Gasteiger partial charge in [0.2, 0.25) is 0 Å². The number of hydrogen-bond donors (Lipinski definition) is 3. The third kappa shape index (κ3) is 10.1. The highest BCUT2D eigenvalue weighted by Crippen LogP contribution is 2.36. The Morgan fingerprint density at radius 3 is 1.83 bits per heavy atom. The molecule has 1 saturated carbocycles. The van der Waals surface area contributed by atoms with Crippen molar-refractivity contribution >= 4 is 17.9 Å².